The lowest BCUT2D eigenvalue weighted by atomic mass is 10.2. The molecule has 0 spiro atoms. The molecule has 17 heavy (non-hydrogen) atoms. The fourth-order valence-electron chi connectivity index (χ4n) is 1.18. The van der Waals surface area contributed by atoms with Crippen molar-refractivity contribution in [3.63, 3.8) is 0 Å². The molecular weight excluding hydrogens is 262 g/mol. The summed E-state index contributed by atoms with van der Waals surface area (Å²) in [4.78, 5) is 23.3. The lowest BCUT2D eigenvalue weighted by molar-refractivity contribution is -0.139. The van der Waals surface area contributed by atoms with Crippen molar-refractivity contribution in [3.05, 3.63) is 33.5 Å². The largest absolute Gasteiger partial charge is 0.479 e. The fraction of sp³-hybridized carbons (Fsp3) is 0.111. The van der Waals surface area contributed by atoms with Gasteiger partial charge < -0.3 is 10.4 Å². The van der Waals surface area contributed by atoms with Crippen LogP contribution < -0.4 is 5.32 Å². The summed E-state index contributed by atoms with van der Waals surface area (Å²) < 4.78 is 3.54. The molecule has 0 radical (unpaired) electrons. The molecule has 0 aliphatic heterocycles. The normalized spacial score (nSPS) is 12.0. The number of amides is 1. The van der Waals surface area contributed by atoms with E-state index in [2.05, 4.69) is 14.9 Å². The van der Waals surface area contributed by atoms with E-state index in [1.807, 2.05) is 0 Å². The van der Waals surface area contributed by atoms with Crippen LogP contribution in [0.3, 0.4) is 0 Å². The van der Waals surface area contributed by atoms with Crippen molar-refractivity contribution in [2.75, 3.05) is 0 Å². The molecule has 2 aromatic rings. The van der Waals surface area contributed by atoms with E-state index in [1.165, 1.54) is 16.7 Å². The van der Waals surface area contributed by atoms with E-state index in [0.717, 1.165) is 11.5 Å². The van der Waals surface area contributed by atoms with Gasteiger partial charge in [0.2, 0.25) is 0 Å². The highest BCUT2D eigenvalue weighted by molar-refractivity contribution is 7.10. The number of nitrogens with zero attached hydrogens (tertiary/aromatic N) is 2. The number of nitrogens with one attached hydrogen (secondary N) is 1. The zero-order valence-corrected chi connectivity index (χ0v) is 9.99. The Labute approximate surface area is 104 Å². The van der Waals surface area contributed by atoms with Crippen LogP contribution in [0, 0.1) is 0 Å². The van der Waals surface area contributed by atoms with Crippen molar-refractivity contribution >= 4 is 34.7 Å². The van der Waals surface area contributed by atoms with Crippen molar-refractivity contribution in [1.29, 1.82) is 0 Å². The van der Waals surface area contributed by atoms with Crippen LogP contribution in [0.1, 0.15) is 21.4 Å². The zero-order chi connectivity index (χ0) is 12.3. The van der Waals surface area contributed by atoms with Gasteiger partial charge in [-0.1, -0.05) is 10.6 Å². The van der Waals surface area contributed by atoms with Crippen molar-refractivity contribution in [3.8, 4) is 0 Å². The SMILES string of the molecule is O=C(NC(C(=O)O)c1cccs1)c1csnn1. The maximum atomic E-state index is 11.7. The summed E-state index contributed by atoms with van der Waals surface area (Å²) in [6.45, 7) is 0. The third kappa shape index (κ3) is 2.66. The van der Waals surface area contributed by atoms with Gasteiger partial charge in [0.05, 0.1) is 0 Å². The molecular formula is C9H7N3O3S2. The Morgan fingerprint density at radius 1 is 1.47 bits per heavy atom. The van der Waals surface area contributed by atoms with Crippen LogP contribution in [-0.4, -0.2) is 26.6 Å². The highest BCUT2D eigenvalue weighted by Gasteiger charge is 2.24. The zero-order valence-electron chi connectivity index (χ0n) is 8.36. The average Bonchev–Trinajstić information content (AvgIpc) is 2.97. The summed E-state index contributed by atoms with van der Waals surface area (Å²) in [5, 5.41) is 18.2. The Hall–Kier alpha value is -1.80. The van der Waals surface area contributed by atoms with Gasteiger partial charge in [-0.2, -0.15) is 0 Å². The minimum Gasteiger partial charge on any atom is -0.479 e. The third-order valence-electron chi connectivity index (χ3n) is 1.94. The van der Waals surface area contributed by atoms with E-state index < -0.39 is 17.9 Å². The van der Waals surface area contributed by atoms with Crippen LogP contribution in [-0.2, 0) is 4.79 Å². The van der Waals surface area contributed by atoms with Crippen LogP contribution in [0.25, 0.3) is 0 Å². The summed E-state index contributed by atoms with van der Waals surface area (Å²) in [6.07, 6.45) is 0. The van der Waals surface area contributed by atoms with Gasteiger partial charge in [0, 0.05) is 10.3 Å². The number of carbonyl (C=O) groups is 2. The number of hydrogen-bond donors (Lipinski definition) is 2. The number of carbonyl (C=O) groups excluding carboxylic acids is 1. The quantitative estimate of drug-likeness (QED) is 0.868. The van der Waals surface area contributed by atoms with E-state index in [4.69, 9.17) is 5.11 Å². The number of rotatable bonds is 4. The number of hydrogen-bond acceptors (Lipinski definition) is 6. The molecule has 8 heteroatoms. The van der Waals surface area contributed by atoms with Gasteiger partial charge in [-0.15, -0.1) is 16.4 Å². The van der Waals surface area contributed by atoms with E-state index in [1.54, 1.807) is 17.5 Å². The molecule has 6 nitrogen and oxygen atoms in total. The van der Waals surface area contributed by atoms with Crippen molar-refractivity contribution in [1.82, 2.24) is 14.9 Å². The lowest BCUT2D eigenvalue weighted by Crippen LogP contribution is -2.33. The van der Waals surface area contributed by atoms with Crippen molar-refractivity contribution < 1.29 is 14.7 Å². The number of thiophene rings is 1. The predicted molar refractivity (Wildman–Crippen MR) is 62.1 cm³/mol. The second-order valence-electron chi connectivity index (χ2n) is 3.05. The molecule has 2 N–H and O–H groups in total. The summed E-state index contributed by atoms with van der Waals surface area (Å²) in [7, 11) is 0. The summed E-state index contributed by atoms with van der Waals surface area (Å²) in [5.41, 5.74) is 0.123. The van der Waals surface area contributed by atoms with Crippen LogP contribution in [0.4, 0.5) is 0 Å². The number of aromatic nitrogens is 2. The molecule has 0 aromatic carbocycles. The van der Waals surface area contributed by atoms with Gasteiger partial charge in [-0.25, -0.2) is 4.79 Å². The molecule has 2 aromatic heterocycles. The fourth-order valence-corrected chi connectivity index (χ4v) is 2.38. The standard InChI is InChI=1S/C9H7N3O3S2/c13-8(5-4-17-12-11-5)10-7(9(14)15)6-2-1-3-16-6/h1-4,7H,(H,10,13)(H,14,15). The van der Waals surface area contributed by atoms with Gasteiger partial charge in [-0.3, -0.25) is 4.79 Å². The average molecular weight is 269 g/mol. The molecule has 0 fully saturated rings. The van der Waals surface area contributed by atoms with Gasteiger partial charge in [0.15, 0.2) is 11.7 Å². The van der Waals surface area contributed by atoms with Crippen LogP contribution in [0.15, 0.2) is 22.9 Å². The van der Waals surface area contributed by atoms with E-state index in [9.17, 15) is 9.59 Å². The van der Waals surface area contributed by atoms with Crippen LogP contribution in [0.5, 0.6) is 0 Å². The molecule has 0 aliphatic carbocycles. The van der Waals surface area contributed by atoms with Gasteiger partial charge in [0.1, 0.15) is 0 Å². The highest BCUT2D eigenvalue weighted by atomic mass is 32.1. The first-order chi connectivity index (χ1) is 8.18. The Kier molecular flexibility index (Phi) is 3.45. The third-order valence-corrected chi connectivity index (χ3v) is 3.38. The predicted octanol–water partition coefficient (Wildman–Crippen LogP) is 1.16. The summed E-state index contributed by atoms with van der Waals surface area (Å²) in [5.74, 6) is -1.65. The number of carboxylic acids is 1. The molecule has 88 valence electrons. The monoisotopic (exact) mass is 269 g/mol. The Bertz CT molecular complexity index is 510. The molecule has 2 rings (SSSR count). The Morgan fingerprint density at radius 3 is 2.82 bits per heavy atom. The Morgan fingerprint density at radius 2 is 2.29 bits per heavy atom. The maximum Gasteiger partial charge on any atom is 0.331 e. The number of carboxylic acid groups (broad SMARTS) is 1. The van der Waals surface area contributed by atoms with Crippen LogP contribution in [0.2, 0.25) is 0 Å². The molecule has 0 saturated heterocycles. The first kappa shape index (κ1) is 11.7. The molecule has 0 aliphatic rings. The number of aliphatic carboxylic acids is 1. The van der Waals surface area contributed by atoms with E-state index in [-0.39, 0.29) is 5.69 Å². The summed E-state index contributed by atoms with van der Waals surface area (Å²) >= 11 is 2.30. The van der Waals surface area contributed by atoms with Crippen molar-refractivity contribution in [2.45, 2.75) is 6.04 Å². The second kappa shape index (κ2) is 5.02. The molecule has 1 atom stereocenters. The highest BCUT2D eigenvalue weighted by Crippen LogP contribution is 2.19. The minimum atomic E-state index is -1.11. The molecule has 2 heterocycles. The maximum absolute atomic E-state index is 11.7. The smallest absolute Gasteiger partial charge is 0.331 e. The van der Waals surface area contributed by atoms with Crippen LogP contribution >= 0.6 is 22.9 Å². The van der Waals surface area contributed by atoms with Gasteiger partial charge >= 0.3 is 5.97 Å². The summed E-state index contributed by atoms with van der Waals surface area (Å²) in [6, 6.07) is 2.33. The lowest BCUT2D eigenvalue weighted by Gasteiger charge is -2.11. The minimum absolute atomic E-state index is 0.123. The van der Waals surface area contributed by atoms with Gasteiger partial charge in [0.25, 0.3) is 5.91 Å². The molecule has 1 unspecified atom stereocenters. The molecule has 0 bridgehead atoms. The Balaban J connectivity index is 2.14. The van der Waals surface area contributed by atoms with E-state index in [0.29, 0.717) is 4.88 Å². The topological polar surface area (TPSA) is 92.2 Å². The van der Waals surface area contributed by atoms with Gasteiger partial charge in [-0.05, 0) is 23.0 Å². The first-order valence-electron chi connectivity index (χ1n) is 4.52. The van der Waals surface area contributed by atoms with E-state index >= 15 is 0 Å². The molecule has 1 amide bonds. The van der Waals surface area contributed by atoms with Crippen molar-refractivity contribution in [2.24, 2.45) is 0 Å². The molecule has 0 saturated carbocycles. The first-order valence-corrected chi connectivity index (χ1v) is 6.24. The second-order valence-corrected chi connectivity index (χ2v) is 4.64.